The van der Waals surface area contributed by atoms with Gasteiger partial charge in [-0.1, -0.05) is 31.9 Å². The summed E-state index contributed by atoms with van der Waals surface area (Å²) in [7, 11) is 0. The molecule has 0 saturated heterocycles. The second kappa shape index (κ2) is 4.83. The van der Waals surface area contributed by atoms with Crippen LogP contribution in [0.15, 0.2) is 18.2 Å². The van der Waals surface area contributed by atoms with Crippen molar-refractivity contribution in [3.05, 3.63) is 40.8 Å². The third-order valence-electron chi connectivity index (χ3n) is 2.38. The van der Waals surface area contributed by atoms with Crippen LogP contribution in [-0.2, 0) is 6.42 Å². The van der Waals surface area contributed by atoms with E-state index in [0.29, 0.717) is 0 Å². The highest BCUT2D eigenvalue weighted by Gasteiger charge is 2.11. The van der Waals surface area contributed by atoms with E-state index in [2.05, 4.69) is 12.8 Å². The molecule has 1 heteroatoms. The molecule has 0 fully saturated rings. The van der Waals surface area contributed by atoms with Gasteiger partial charge in [-0.3, -0.25) is 0 Å². The lowest BCUT2D eigenvalue weighted by Gasteiger charge is -2.14. The van der Waals surface area contributed by atoms with Crippen molar-refractivity contribution in [2.45, 2.75) is 20.3 Å². The van der Waals surface area contributed by atoms with Crippen LogP contribution < -0.4 is 0 Å². The van der Waals surface area contributed by atoms with Crippen molar-refractivity contribution < 1.29 is 5.11 Å². The Morgan fingerprint density at radius 1 is 1.50 bits per heavy atom. The summed E-state index contributed by atoms with van der Waals surface area (Å²) < 4.78 is 0. The summed E-state index contributed by atoms with van der Waals surface area (Å²) >= 11 is 0. The lowest BCUT2D eigenvalue weighted by molar-refractivity contribution is 0.314. The van der Waals surface area contributed by atoms with E-state index < -0.39 is 0 Å². The molecule has 0 atom stereocenters. The fourth-order valence-electron chi connectivity index (χ4n) is 1.59. The predicted molar refractivity (Wildman–Crippen MR) is 58.9 cm³/mol. The van der Waals surface area contributed by atoms with E-state index in [0.717, 1.165) is 29.0 Å². The van der Waals surface area contributed by atoms with Crippen molar-refractivity contribution in [1.82, 2.24) is 0 Å². The van der Waals surface area contributed by atoms with E-state index in [1.165, 1.54) is 0 Å². The van der Waals surface area contributed by atoms with Crippen LogP contribution in [0.4, 0.5) is 0 Å². The van der Waals surface area contributed by atoms with Gasteiger partial charge in [0.15, 0.2) is 0 Å². The van der Waals surface area contributed by atoms with Gasteiger partial charge >= 0.3 is 0 Å². The van der Waals surface area contributed by atoms with Crippen LogP contribution in [0.25, 0.3) is 0 Å². The van der Waals surface area contributed by atoms with Crippen LogP contribution >= 0.6 is 0 Å². The van der Waals surface area contributed by atoms with Crippen LogP contribution in [0, 0.1) is 18.3 Å². The number of aliphatic hydroxyl groups is 1. The highest BCUT2D eigenvalue weighted by molar-refractivity contribution is 5.49. The van der Waals surface area contributed by atoms with Crippen LogP contribution in [0.3, 0.4) is 0 Å². The molecule has 1 rings (SSSR count). The maximum atomic E-state index is 9.08. The highest BCUT2D eigenvalue weighted by atomic mass is 16.3. The number of benzene rings is 1. The molecule has 0 unspecified atom stereocenters. The number of aliphatic hydroxyl groups excluding tert-OH is 1. The molecular weight excluding hydrogens is 172 g/mol. The molecule has 1 aromatic carbocycles. The van der Waals surface area contributed by atoms with Crippen LogP contribution in [0.5, 0.6) is 0 Å². The summed E-state index contributed by atoms with van der Waals surface area (Å²) in [5.74, 6) is 3.64. The van der Waals surface area contributed by atoms with E-state index >= 15 is 0 Å². The molecule has 0 bridgehead atoms. The lowest BCUT2D eigenvalue weighted by Crippen LogP contribution is -2.05. The molecule has 1 aromatic rings. The summed E-state index contributed by atoms with van der Waals surface area (Å²) in [6.45, 7) is 4.08. The van der Waals surface area contributed by atoms with Crippen LogP contribution in [0.2, 0.25) is 0 Å². The zero-order chi connectivity index (χ0) is 10.6. The molecule has 0 aliphatic heterocycles. The van der Waals surface area contributed by atoms with Crippen molar-refractivity contribution >= 4 is 0 Å². The topological polar surface area (TPSA) is 20.2 Å². The van der Waals surface area contributed by atoms with E-state index in [-0.39, 0.29) is 6.61 Å². The molecule has 0 saturated carbocycles. The Bertz CT molecular complexity index is 347. The minimum Gasteiger partial charge on any atom is -0.395 e. The molecule has 1 nitrogen and oxygen atoms in total. The van der Waals surface area contributed by atoms with Crippen molar-refractivity contribution in [2.75, 3.05) is 6.61 Å². The number of hydrogen-bond acceptors (Lipinski definition) is 1. The van der Waals surface area contributed by atoms with E-state index in [9.17, 15) is 0 Å². The highest BCUT2D eigenvalue weighted by Crippen LogP contribution is 2.22. The fourth-order valence-corrected chi connectivity index (χ4v) is 1.59. The molecule has 0 spiro atoms. The number of hydrogen-bond donors (Lipinski definition) is 1. The van der Waals surface area contributed by atoms with Crippen molar-refractivity contribution in [3.8, 4) is 12.3 Å². The third-order valence-corrected chi connectivity index (χ3v) is 2.38. The molecule has 73 valence electrons. The van der Waals surface area contributed by atoms with Crippen molar-refractivity contribution in [2.24, 2.45) is 0 Å². The average Bonchev–Trinajstić information content (AvgIpc) is 2.26. The lowest BCUT2D eigenvalue weighted by atomic mass is 9.91. The average molecular weight is 187 g/mol. The second-order valence-corrected chi connectivity index (χ2v) is 3.27. The quantitative estimate of drug-likeness (QED) is 0.719. The summed E-state index contributed by atoms with van der Waals surface area (Å²) in [4.78, 5) is 0. The largest absolute Gasteiger partial charge is 0.395 e. The van der Waals surface area contributed by atoms with Gasteiger partial charge in [0.05, 0.1) is 6.61 Å². The Morgan fingerprint density at radius 2 is 2.21 bits per heavy atom. The third kappa shape index (κ3) is 1.97. The zero-order valence-electron chi connectivity index (χ0n) is 8.67. The van der Waals surface area contributed by atoms with Crippen molar-refractivity contribution in [3.63, 3.8) is 0 Å². The molecule has 0 aromatic heterocycles. The van der Waals surface area contributed by atoms with Gasteiger partial charge in [0.25, 0.3) is 0 Å². The minimum atomic E-state index is 0.0843. The Labute approximate surface area is 85.8 Å². The van der Waals surface area contributed by atoms with Gasteiger partial charge in [-0.15, -0.1) is 6.42 Å². The minimum absolute atomic E-state index is 0.0843. The maximum Gasteiger partial charge on any atom is 0.0534 e. The standard InChI is InChI=1S/C13H15O/c1-4-11-7-6-8-13(10(3)9-14)12(11)5-2/h1,6-8,14H,5,9H2,2-3H3. The molecule has 14 heavy (non-hydrogen) atoms. The molecule has 0 aliphatic carbocycles. The van der Waals surface area contributed by atoms with Crippen LogP contribution in [-0.4, -0.2) is 11.7 Å². The van der Waals surface area contributed by atoms with Crippen LogP contribution in [0.1, 0.15) is 30.5 Å². The zero-order valence-corrected chi connectivity index (χ0v) is 8.67. The first-order valence-corrected chi connectivity index (χ1v) is 4.76. The Kier molecular flexibility index (Phi) is 3.73. The van der Waals surface area contributed by atoms with E-state index in [1.54, 1.807) is 0 Å². The first-order valence-electron chi connectivity index (χ1n) is 4.76. The molecule has 0 heterocycles. The number of rotatable bonds is 3. The number of terminal acetylenes is 1. The van der Waals surface area contributed by atoms with Gasteiger partial charge in [0.1, 0.15) is 0 Å². The maximum absolute atomic E-state index is 9.08. The fraction of sp³-hybridized carbons (Fsp3) is 0.308. The van der Waals surface area contributed by atoms with Gasteiger partial charge in [-0.25, -0.2) is 0 Å². The Balaban J connectivity index is 3.23. The normalized spacial score (nSPS) is 10.2. The van der Waals surface area contributed by atoms with E-state index in [4.69, 9.17) is 11.5 Å². The van der Waals surface area contributed by atoms with Gasteiger partial charge < -0.3 is 5.11 Å². The smallest absolute Gasteiger partial charge is 0.0534 e. The Morgan fingerprint density at radius 3 is 2.71 bits per heavy atom. The monoisotopic (exact) mass is 187 g/mol. The molecule has 0 amide bonds. The molecular formula is C13H15O. The molecule has 0 aliphatic rings. The first-order chi connectivity index (χ1) is 6.74. The molecule has 1 N–H and O–H groups in total. The summed E-state index contributed by atoms with van der Waals surface area (Å²) in [6, 6.07) is 5.88. The summed E-state index contributed by atoms with van der Waals surface area (Å²) in [6.07, 6.45) is 6.31. The van der Waals surface area contributed by atoms with Gasteiger partial charge in [-0.05, 0) is 23.6 Å². The van der Waals surface area contributed by atoms with Gasteiger partial charge in [0, 0.05) is 11.5 Å². The molecule has 1 radical (unpaired) electrons. The summed E-state index contributed by atoms with van der Waals surface area (Å²) in [5.41, 5.74) is 3.17. The predicted octanol–water partition coefficient (Wildman–Crippen LogP) is 2.17. The van der Waals surface area contributed by atoms with Crippen molar-refractivity contribution in [1.29, 1.82) is 0 Å². The van der Waals surface area contributed by atoms with Gasteiger partial charge in [0.2, 0.25) is 0 Å². The van der Waals surface area contributed by atoms with E-state index in [1.807, 2.05) is 25.1 Å². The Hall–Kier alpha value is -1.26. The van der Waals surface area contributed by atoms with Gasteiger partial charge in [-0.2, -0.15) is 0 Å². The summed E-state index contributed by atoms with van der Waals surface area (Å²) in [5, 5.41) is 9.08. The first kappa shape index (κ1) is 10.8. The SMILES string of the molecule is C#Cc1cccc([C](C)CO)c1CC. The second-order valence-electron chi connectivity index (χ2n) is 3.27.